The summed E-state index contributed by atoms with van der Waals surface area (Å²) in [5.74, 6) is 0.226. The summed E-state index contributed by atoms with van der Waals surface area (Å²) in [5, 5.41) is 0. The Morgan fingerprint density at radius 3 is 2.10 bits per heavy atom. The topological polar surface area (TPSA) is 0 Å². The van der Waals surface area contributed by atoms with Crippen LogP contribution in [-0.2, 0) is 5.88 Å². The second-order valence-corrected chi connectivity index (χ2v) is 2.03. The van der Waals surface area contributed by atoms with E-state index in [4.69, 9.17) is 11.6 Å². The molecule has 0 aliphatic heterocycles. The molecule has 0 aliphatic rings. The molecule has 0 N–H and O–H groups in total. The molecule has 0 fully saturated rings. The third-order valence-corrected chi connectivity index (χ3v) is 1.38. The van der Waals surface area contributed by atoms with E-state index >= 15 is 0 Å². The van der Waals surface area contributed by atoms with Gasteiger partial charge in [0.25, 0.3) is 0 Å². The molecule has 0 aromatic heterocycles. The molecule has 0 heterocycles. The number of hydrogen-bond acceptors (Lipinski definition) is 0. The lowest BCUT2D eigenvalue weighted by molar-refractivity contribution is 0.627. The molecule has 3 heteroatoms. The van der Waals surface area contributed by atoms with Crippen molar-refractivity contribution in [2.45, 2.75) is 5.88 Å². The van der Waals surface area contributed by atoms with E-state index in [0.717, 1.165) is 5.56 Å². The maximum absolute atomic E-state index is 12.2. The van der Waals surface area contributed by atoms with Crippen LogP contribution in [0.25, 0.3) is 0 Å². The van der Waals surface area contributed by atoms with Gasteiger partial charge >= 0.3 is 0 Å². The molecule has 0 atom stereocenters. The van der Waals surface area contributed by atoms with E-state index in [1.165, 1.54) is 12.1 Å². The molecule has 0 spiro atoms. The van der Waals surface area contributed by atoms with Crippen molar-refractivity contribution in [1.82, 2.24) is 0 Å². The van der Waals surface area contributed by atoms with E-state index < -0.39 is 0 Å². The van der Waals surface area contributed by atoms with E-state index in [1.54, 1.807) is 12.1 Å². The fourth-order valence-electron chi connectivity index (χ4n) is 0.573. The Balaban J connectivity index is 0.000000810. The smallest absolute Gasteiger partial charge is 0.123 e. The molecular weight excluding hydrogens is 174 g/mol. The van der Waals surface area contributed by atoms with Crippen LogP contribution in [0.15, 0.2) is 24.3 Å². The van der Waals surface area contributed by atoms with E-state index in [9.17, 15) is 4.39 Å². The molecule has 0 saturated heterocycles. The highest BCUT2D eigenvalue weighted by Gasteiger charge is 1.88. The molecule has 10 heavy (non-hydrogen) atoms. The van der Waals surface area contributed by atoms with Crippen molar-refractivity contribution in [2.75, 3.05) is 0 Å². The molecule has 0 bridgehead atoms. The highest BCUT2D eigenvalue weighted by atomic mass is 35.5. The quantitative estimate of drug-likeness (QED) is 0.584. The molecule has 1 aromatic carbocycles. The summed E-state index contributed by atoms with van der Waals surface area (Å²) in [5.41, 5.74) is 0.943. The summed E-state index contributed by atoms with van der Waals surface area (Å²) in [7, 11) is 0. The Kier molecular flexibility index (Phi) is 4.41. The van der Waals surface area contributed by atoms with Crippen molar-refractivity contribution in [3.63, 3.8) is 0 Å². The minimum Gasteiger partial charge on any atom is -0.207 e. The van der Waals surface area contributed by atoms with Crippen LogP contribution in [0.3, 0.4) is 0 Å². The van der Waals surface area contributed by atoms with Crippen molar-refractivity contribution in [3.05, 3.63) is 35.6 Å². The zero-order valence-electron chi connectivity index (χ0n) is 5.18. The van der Waals surface area contributed by atoms with Crippen LogP contribution in [0.4, 0.5) is 4.39 Å². The Morgan fingerprint density at radius 1 is 1.20 bits per heavy atom. The minimum absolute atomic E-state index is 0. The van der Waals surface area contributed by atoms with Gasteiger partial charge in [0, 0.05) is 5.88 Å². The van der Waals surface area contributed by atoms with E-state index in [-0.39, 0.29) is 18.2 Å². The van der Waals surface area contributed by atoms with Crippen LogP contribution < -0.4 is 0 Å². The van der Waals surface area contributed by atoms with Gasteiger partial charge in [0.15, 0.2) is 0 Å². The average Bonchev–Trinajstić information content (AvgIpc) is 1.90. The van der Waals surface area contributed by atoms with Crippen LogP contribution in [0.1, 0.15) is 5.56 Å². The first-order valence-corrected chi connectivity index (χ1v) is 3.17. The third-order valence-electron chi connectivity index (χ3n) is 1.07. The number of alkyl halides is 1. The highest BCUT2D eigenvalue weighted by Crippen LogP contribution is 2.04. The summed E-state index contributed by atoms with van der Waals surface area (Å²) >= 11 is 5.46. The first-order chi connectivity index (χ1) is 4.33. The van der Waals surface area contributed by atoms with E-state index in [2.05, 4.69) is 0 Å². The highest BCUT2D eigenvalue weighted by molar-refractivity contribution is 6.17. The van der Waals surface area contributed by atoms with Crippen molar-refractivity contribution in [1.29, 1.82) is 0 Å². The van der Waals surface area contributed by atoms with Gasteiger partial charge in [-0.2, -0.15) is 0 Å². The first kappa shape index (κ1) is 9.73. The fourth-order valence-corrected chi connectivity index (χ4v) is 0.752. The van der Waals surface area contributed by atoms with Gasteiger partial charge in [-0.05, 0) is 17.7 Å². The summed E-state index contributed by atoms with van der Waals surface area (Å²) in [6.45, 7) is 0. The van der Waals surface area contributed by atoms with E-state index in [1.807, 2.05) is 0 Å². The average molecular weight is 181 g/mol. The Labute approximate surface area is 70.4 Å². The van der Waals surface area contributed by atoms with Gasteiger partial charge in [-0.3, -0.25) is 0 Å². The van der Waals surface area contributed by atoms with Gasteiger partial charge in [0.05, 0.1) is 0 Å². The summed E-state index contributed by atoms with van der Waals surface area (Å²) in [6, 6.07) is 6.14. The molecule has 0 radical (unpaired) electrons. The Bertz CT molecular complexity index is 183. The zero-order chi connectivity index (χ0) is 6.69. The molecule has 0 aliphatic carbocycles. The van der Waals surface area contributed by atoms with Crippen LogP contribution in [0, 0.1) is 5.82 Å². The van der Waals surface area contributed by atoms with Crippen molar-refractivity contribution in [3.8, 4) is 0 Å². The van der Waals surface area contributed by atoms with Gasteiger partial charge in [-0.1, -0.05) is 12.1 Å². The summed E-state index contributed by atoms with van der Waals surface area (Å²) < 4.78 is 12.2. The largest absolute Gasteiger partial charge is 0.207 e. The van der Waals surface area contributed by atoms with Crippen molar-refractivity contribution >= 4 is 24.0 Å². The second-order valence-electron chi connectivity index (χ2n) is 1.76. The van der Waals surface area contributed by atoms with Crippen molar-refractivity contribution < 1.29 is 4.39 Å². The molecule has 0 amide bonds. The predicted molar refractivity (Wildman–Crippen MR) is 43.2 cm³/mol. The van der Waals surface area contributed by atoms with Gasteiger partial charge in [0.1, 0.15) is 5.82 Å². The van der Waals surface area contributed by atoms with Crippen LogP contribution in [-0.4, -0.2) is 0 Å². The molecule has 0 saturated carbocycles. The van der Waals surface area contributed by atoms with E-state index in [0.29, 0.717) is 5.88 Å². The summed E-state index contributed by atoms with van der Waals surface area (Å²) in [6.07, 6.45) is 0. The second kappa shape index (κ2) is 4.53. The number of halogens is 3. The minimum atomic E-state index is -0.219. The Morgan fingerprint density at radius 2 is 1.70 bits per heavy atom. The predicted octanol–water partition coefficient (Wildman–Crippen LogP) is 2.99. The lowest BCUT2D eigenvalue weighted by atomic mass is 10.2. The van der Waals surface area contributed by atoms with Crippen LogP contribution in [0.2, 0.25) is 0 Å². The molecule has 1 aromatic rings. The van der Waals surface area contributed by atoms with Gasteiger partial charge in [-0.15, -0.1) is 24.0 Å². The van der Waals surface area contributed by atoms with Crippen LogP contribution >= 0.6 is 24.0 Å². The molecule has 0 unspecified atom stereocenters. The number of benzene rings is 1. The molecule has 0 nitrogen and oxygen atoms in total. The third kappa shape index (κ3) is 2.54. The maximum atomic E-state index is 12.2. The monoisotopic (exact) mass is 180 g/mol. The van der Waals surface area contributed by atoms with Crippen molar-refractivity contribution in [2.24, 2.45) is 0 Å². The normalized spacial score (nSPS) is 8.60. The lowest BCUT2D eigenvalue weighted by Gasteiger charge is -1.91. The first-order valence-electron chi connectivity index (χ1n) is 2.63. The standard InChI is InChI=1S/C7H6ClF.ClH/c8-5-6-1-3-7(9)4-2-6;/h1-4H,5H2;1H. The van der Waals surface area contributed by atoms with Gasteiger partial charge < -0.3 is 0 Å². The maximum Gasteiger partial charge on any atom is 0.123 e. The SMILES string of the molecule is Cl.Fc1ccc(CCl)cc1. The number of hydrogen-bond donors (Lipinski definition) is 0. The van der Waals surface area contributed by atoms with Crippen LogP contribution in [0.5, 0.6) is 0 Å². The lowest BCUT2D eigenvalue weighted by Crippen LogP contribution is -1.76. The Hall–Kier alpha value is -0.270. The number of rotatable bonds is 1. The summed E-state index contributed by atoms with van der Waals surface area (Å²) in [4.78, 5) is 0. The van der Waals surface area contributed by atoms with Gasteiger partial charge in [0.2, 0.25) is 0 Å². The zero-order valence-corrected chi connectivity index (χ0v) is 6.75. The fraction of sp³-hybridized carbons (Fsp3) is 0.143. The van der Waals surface area contributed by atoms with Gasteiger partial charge in [-0.25, -0.2) is 4.39 Å². The molecule has 1 rings (SSSR count). The molecule has 56 valence electrons. The molecular formula is C7H7Cl2F.